The van der Waals surface area contributed by atoms with Crippen LogP contribution in [0.1, 0.15) is 170 Å². The van der Waals surface area contributed by atoms with Gasteiger partial charge in [0.2, 0.25) is 0 Å². The maximum atomic E-state index is 2.63. The molecule has 0 bridgehead atoms. The molecule has 0 radical (unpaired) electrons. The van der Waals surface area contributed by atoms with E-state index >= 15 is 0 Å². The van der Waals surface area contributed by atoms with E-state index in [-0.39, 0.29) is 0 Å². The lowest BCUT2D eigenvalue weighted by molar-refractivity contribution is -0.0297. The number of hydrogen-bond acceptors (Lipinski definition) is 0. The fourth-order valence-corrected chi connectivity index (χ4v) is 11.6. The van der Waals surface area contributed by atoms with E-state index in [2.05, 4.69) is 48.5 Å². The Hall–Kier alpha value is 0. The molecule has 0 aromatic rings. The van der Waals surface area contributed by atoms with Crippen LogP contribution < -0.4 is 0 Å². The van der Waals surface area contributed by atoms with Gasteiger partial charge < -0.3 is 0 Å². The summed E-state index contributed by atoms with van der Waals surface area (Å²) in [5.41, 5.74) is 0. The lowest BCUT2D eigenvalue weighted by Gasteiger charge is -2.52. The third kappa shape index (κ3) is 7.89. The van der Waals surface area contributed by atoms with Crippen LogP contribution in [-0.4, -0.2) is 0 Å². The fraction of sp³-hybridized carbons (Fsp3) is 1.00. The fourth-order valence-electron chi connectivity index (χ4n) is 11.6. The third-order valence-electron chi connectivity index (χ3n) is 14.1. The van der Waals surface area contributed by atoms with Gasteiger partial charge in [0, 0.05) is 0 Å². The molecule has 5 fully saturated rings. The Kier molecular flexibility index (Phi) is 12.7. The molecule has 0 heteroatoms. The van der Waals surface area contributed by atoms with E-state index in [1.54, 1.807) is 44.9 Å². The highest BCUT2D eigenvalue weighted by Crippen LogP contribution is 2.58. The van der Waals surface area contributed by atoms with Crippen LogP contribution in [0.15, 0.2) is 0 Å². The summed E-state index contributed by atoms with van der Waals surface area (Å²) in [6, 6.07) is 0. The molecule has 0 N–H and O–H groups in total. The van der Waals surface area contributed by atoms with E-state index in [1.165, 1.54) is 77.0 Å². The van der Waals surface area contributed by atoms with Gasteiger partial charge in [-0.05, 0) is 135 Å². The van der Waals surface area contributed by atoms with Gasteiger partial charge in [-0.2, -0.15) is 0 Å². The second-order valence-electron chi connectivity index (χ2n) is 16.3. The molecule has 0 aromatic heterocycles. The first-order chi connectivity index (χ1) is 18.9. The van der Waals surface area contributed by atoms with E-state index in [4.69, 9.17) is 0 Å². The lowest BCUT2D eigenvalue weighted by atomic mass is 9.53. The molecule has 0 nitrogen and oxygen atoms in total. The van der Waals surface area contributed by atoms with Crippen molar-refractivity contribution in [3.05, 3.63) is 0 Å². The molecule has 0 saturated heterocycles. The van der Waals surface area contributed by atoms with Crippen LogP contribution in [0.3, 0.4) is 0 Å². The zero-order valence-electron chi connectivity index (χ0n) is 27.9. The van der Waals surface area contributed by atoms with Gasteiger partial charge in [0.05, 0.1) is 0 Å². The summed E-state index contributed by atoms with van der Waals surface area (Å²) < 4.78 is 0. The minimum Gasteiger partial charge on any atom is -0.0654 e. The summed E-state index contributed by atoms with van der Waals surface area (Å²) in [6.45, 7) is 17.3. The molecule has 0 amide bonds. The minimum absolute atomic E-state index is 1.00. The van der Waals surface area contributed by atoms with E-state index in [1.807, 2.05) is 0 Å². The average Bonchev–Trinajstić information content (AvgIpc) is 3.60. The topological polar surface area (TPSA) is 0 Å². The standard InChI is InChI=1S/C24H44.C15H28/c1-5-8-11-21-17(4)15-20-10-9-12-22(20)24(21)23-16-18(6-2)13-14-19(23)7-3;1-4-13-10-15(8-6-12(13)3)14-7-5-11(2)9-14/h17-24H,5-16H2,1-4H3;11-15H,4-10H2,1-3H3. The summed E-state index contributed by atoms with van der Waals surface area (Å²) in [7, 11) is 0. The number of fused-ring (bicyclic) bond motifs is 1. The van der Waals surface area contributed by atoms with E-state index in [9.17, 15) is 0 Å². The molecular weight excluding hydrogens is 468 g/mol. The predicted molar refractivity (Wildman–Crippen MR) is 173 cm³/mol. The van der Waals surface area contributed by atoms with Crippen LogP contribution in [-0.2, 0) is 0 Å². The summed E-state index contributed by atoms with van der Waals surface area (Å²) >= 11 is 0. The first-order valence-corrected chi connectivity index (χ1v) is 18.9. The van der Waals surface area contributed by atoms with Crippen molar-refractivity contribution < 1.29 is 0 Å². The Morgan fingerprint density at radius 3 is 1.95 bits per heavy atom. The van der Waals surface area contributed by atoms with Crippen LogP contribution in [0.5, 0.6) is 0 Å². The van der Waals surface area contributed by atoms with Gasteiger partial charge in [-0.15, -0.1) is 0 Å². The number of unbranched alkanes of at least 4 members (excludes halogenated alkanes) is 1. The Bertz CT molecular complexity index is 680. The van der Waals surface area contributed by atoms with Crippen LogP contribution >= 0.6 is 0 Å². The van der Waals surface area contributed by atoms with Gasteiger partial charge in [-0.3, -0.25) is 0 Å². The predicted octanol–water partition coefficient (Wildman–Crippen LogP) is 12.6. The number of rotatable bonds is 8. The Labute approximate surface area is 247 Å². The highest BCUT2D eigenvalue weighted by atomic mass is 14.5. The van der Waals surface area contributed by atoms with Crippen molar-refractivity contribution in [3.63, 3.8) is 0 Å². The smallest absolute Gasteiger partial charge is 0.0321 e. The molecule has 13 atom stereocenters. The van der Waals surface area contributed by atoms with Gasteiger partial charge in [-0.1, -0.05) is 113 Å². The first-order valence-electron chi connectivity index (χ1n) is 18.9. The zero-order valence-corrected chi connectivity index (χ0v) is 27.9. The molecule has 5 saturated carbocycles. The molecule has 228 valence electrons. The van der Waals surface area contributed by atoms with Gasteiger partial charge in [-0.25, -0.2) is 0 Å². The maximum absolute atomic E-state index is 2.63. The molecule has 5 aliphatic rings. The molecular formula is C39H72. The quantitative estimate of drug-likeness (QED) is 0.287. The van der Waals surface area contributed by atoms with Crippen LogP contribution in [0.4, 0.5) is 0 Å². The average molecular weight is 541 g/mol. The molecule has 5 rings (SSSR count). The first kappa shape index (κ1) is 31.9. The van der Waals surface area contributed by atoms with E-state index in [0.717, 1.165) is 76.9 Å². The molecule has 0 aliphatic heterocycles. The summed E-state index contributed by atoms with van der Waals surface area (Å²) in [6.07, 6.45) is 28.8. The van der Waals surface area contributed by atoms with Crippen molar-refractivity contribution in [2.45, 2.75) is 170 Å². The molecule has 13 unspecified atom stereocenters. The minimum atomic E-state index is 1.00. The normalized spacial score (nSPS) is 46.4. The van der Waals surface area contributed by atoms with Crippen LogP contribution in [0, 0.1) is 76.9 Å². The summed E-state index contributed by atoms with van der Waals surface area (Å²) in [5, 5.41) is 0. The molecule has 5 aliphatic carbocycles. The Balaban J connectivity index is 0.000000202. The van der Waals surface area contributed by atoms with Gasteiger partial charge in [0.15, 0.2) is 0 Å². The largest absolute Gasteiger partial charge is 0.0654 e. The van der Waals surface area contributed by atoms with Crippen molar-refractivity contribution in [3.8, 4) is 0 Å². The maximum Gasteiger partial charge on any atom is -0.0321 e. The number of hydrogen-bond donors (Lipinski definition) is 0. The molecule has 39 heavy (non-hydrogen) atoms. The Morgan fingerprint density at radius 2 is 1.28 bits per heavy atom. The van der Waals surface area contributed by atoms with E-state index in [0.29, 0.717) is 0 Å². The van der Waals surface area contributed by atoms with Crippen molar-refractivity contribution >= 4 is 0 Å². The monoisotopic (exact) mass is 541 g/mol. The summed E-state index contributed by atoms with van der Waals surface area (Å²) in [5.74, 6) is 13.8. The van der Waals surface area contributed by atoms with Gasteiger partial charge in [0.25, 0.3) is 0 Å². The molecule has 0 heterocycles. The summed E-state index contributed by atoms with van der Waals surface area (Å²) in [4.78, 5) is 0. The SMILES string of the molecule is CCC1CC(C2CCC(C)C2)CCC1C.CCCCC1C(C)CC2CCCC2C1C1CC(CC)CCC1CC. The molecule has 0 spiro atoms. The molecule has 0 aromatic carbocycles. The van der Waals surface area contributed by atoms with Crippen molar-refractivity contribution in [2.75, 3.05) is 0 Å². The second kappa shape index (κ2) is 15.5. The zero-order chi connectivity index (χ0) is 27.9. The van der Waals surface area contributed by atoms with Crippen molar-refractivity contribution in [1.82, 2.24) is 0 Å². The van der Waals surface area contributed by atoms with Gasteiger partial charge in [0.1, 0.15) is 0 Å². The highest BCUT2D eigenvalue weighted by Gasteiger charge is 2.49. The highest BCUT2D eigenvalue weighted by molar-refractivity contribution is 4.99. The van der Waals surface area contributed by atoms with Gasteiger partial charge >= 0.3 is 0 Å². The van der Waals surface area contributed by atoms with Crippen LogP contribution in [0.2, 0.25) is 0 Å². The third-order valence-corrected chi connectivity index (χ3v) is 14.1. The Morgan fingerprint density at radius 1 is 0.538 bits per heavy atom. The lowest BCUT2D eigenvalue weighted by Crippen LogP contribution is -2.45. The van der Waals surface area contributed by atoms with Crippen LogP contribution in [0.25, 0.3) is 0 Å². The second-order valence-corrected chi connectivity index (χ2v) is 16.3. The van der Waals surface area contributed by atoms with Crippen molar-refractivity contribution in [1.29, 1.82) is 0 Å². The van der Waals surface area contributed by atoms with Crippen molar-refractivity contribution in [2.24, 2.45) is 76.9 Å². The van der Waals surface area contributed by atoms with E-state index < -0.39 is 0 Å².